The summed E-state index contributed by atoms with van der Waals surface area (Å²) in [6.07, 6.45) is 1.57. The van der Waals surface area contributed by atoms with E-state index in [2.05, 4.69) is 5.10 Å². The number of halogens is 1. The molecule has 116 valence electrons. The van der Waals surface area contributed by atoms with Gasteiger partial charge >= 0.3 is 0 Å². The number of hydrogen-bond acceptors (Lipinski definition) is 3. The normalized spacial score (nSPS) is 21.4. The molecule has 1 aliphatic heterocycles. The summed E-state index contributed by atoms with van der Waals surface area (Å²) in [6.45, 7) is 2.06. The fourth-order valence-electron chi connectivity index (χ4n) is 3.00. The molecule has 1 amide bonds. The van der Waals surface area contributed by atoms with Crippen LogP contribution in [-0.4, -0.2) is 38.3 Å². The van der Waals surface area contributed by atoms with Gasteiger partial charge in [0, 0.05) is 19.8 Å². The fourth-order valence-corrected chi connectivity index (χ4v) is 3.00. The third-order valence-electron chi connectivity index (χ3n) is 4.04. The molecule has 0 aliphatic carbocycles. The van der Waals surface area contributed by atoms with Gasteiger partial charge in [-0.15, -0.1) is 0 Å². The van der Waals surface area contributed by atoms with Gasteiger partial charge in [-0.05, 0) is 31.0 Å². The molecule has 1 aliphatic rings. The topological polar surface area (TPSA) is 58.4 Å². The van der Waals surface area contributed by atoms with Crippen LogP contribution in [0.5, 0.6) is 0 Å². The van der Waals surface area contributed by atoms with Crippen LogP contribution in [0.2, 0.25) is 0 Å². The summed E-state index contributed by atoms with van der Waals surface area (Å²) in [7, 11) is 1.76. The molecule has 6 heteroatoms. The van der Waals surface area contributed by atoms with Crippen LogP contribution in [0.1, 0.15) is 34.1 Å². The van der Waals surface area contributed by atoms with Crippen molar-refractivity contribution in [3.8, 4) is 0 Å². The summed E-state index contributed by atoms with van der Waals surface area (Å²) < 4.78 is 14.7. The van der Waals surface area contributed by atoms with Gasteiger partial charge in [-0.1, -0.05) is 12.1 Å². The number of likely N-dealkylation sites (tertiary alicyclic amines) is 1. The Morgan fingerprint density at radius 1 is 1.36 bits per heavy atom. The van der Waals surface area contributed by atoms with Crippen molar-refractivity contribution in [3.05, 3.63) is 53.1 Å². The number of hydrogen-bond donors (Lipinski definition) is 1. The van der Waals surface area contributed by atoms with Gasteiger partial charge in [0.1, 0.15) is 5.82 Å². The highest BCUT2D eigenvalue weighted by Gasteiger charge is 2.36. The van der Waals surface area contributed by atoms with Gasteiger partial charge in [-0.2, -0.15) is 5.10 Å². The summed E-state index contributed by atoms with van der Waals surface area (Å²) >= 11 is 0. The largest absolute Gasteiger partial charge is 0.391 e. The van der Waals surface area contributed by atoms with Gasteiger partial charge in [0.05, 0.1) is 23.4 Å². The second-order valence-corrected chi connectivity index (χ2v) is 5.72. The summed E-state index contributed by atoms with van der Waals surface area (Å²) in [5.41, 5.74) is 2.02. The summed E-state index contributed by atoms with van der Waals surface area (Å²) in [6, 6.07) is 5.82. The molecule has 3 rings (SSSR count). The van der Waals surface area contributed by atoms with Gasteiger partial charge in [0.2, 0.25) is 0 Å². The first kappa shape index (κ1) is 14.7. The smallest absolute Gasteiger partial charge is 0.257 e. The van der Waals surface area contributed by atoms with Crippen molar-refractivity contribution >= 4 is 5.91 Å². The Morgan fingerprint density at radius 3 is 2.64 bits per heavy atom. The van der Waals surface area contributed by atoms with Gasteiger partial charge in [-0.3, -0.25) is 9.48 Å². The summed E-state index contributed by atoms with van der Waals surface area (Å²) in [4.78, 5) is 14.4. The number of benzene rings is 1. The van der Waals surface area contributed by atoms with Crippen molar-refractivity contribution < 1.29 is 14.3 Å². The first-order chi connectivity index (χ1) is 10.5. The van der Waals surface area contributed by atoms with E-state index in [1.807, 2.05) is 0 Å². The van der Waals surface area contributed by atoms with Crippen LogP contribution in [0.4, 0.5) is 4.39 Å². The summed E-state index contributed by atoms with van der Waals surface area (Å²) in [5.74, 6) is -0.472. The molecule has 0 radical (unpaired) electrons. The molecule has 0 saturated carbocycles. The monoisotopic (exact) mass is 303 g/mol. The number of aliphatic hydroxyl groups is 1. The molecule has 22 heavy (non-hydrogen) atoms. The van der Waals surface area contributed by atoms with E-state index in [1.54, 1.807) is 41.9 Å². The second kappa shape index (κ2) is 5.53. The van der Waals surface area contributed by atoms with Gasteiger partial charge in [0.15, 0.2) is 0 Å². The molecule has 2 heterocycles. The average molecular weight is 303 g/mol. The number of carbonyl (C=O) groups is 1. The molecular formula is C16H18FN3O2. The maximum absolute atomic E-state index is 13.1. The molecule has 0 bridgehead atoms. The lowest BCUT2D eigenvalue weighted by molar-refractivity contribution is 0.0715. The zero-order valence-electron chi connectivity index (χ0n) is 12.5. The van der Waals surface area contributed by atoms with Crippen molar-refractivity contribution in [2.24, 2.45) is 7.05 Å². The van der Waals surface area contributed by atoms with Crippen molar-refractivity contribution in [1.82, 2.24) is 14.7 Å². The van der Waals surface area contributed by atoms with E-state index in [-0.39, 0.29) is 24.3 Å². The van der Waals surface area contributed by atoms with Crippen LogP contribution in [-0.2, 0) is 7.05 Å². The maximum atomic E-state index is 13.1. The average Bonchev–Trinajstić information content (AvgIpc) is 3.01. The quantitative estimate of drug-likeness (QED) is 0.920. The molecule has 2 aromatic rings. The SMILES string of the molecule is Cc1nn(C)cc1C(=O)N1C[C@@H](O)C[C@H]1c1ccc(F)cc1. The number of aliphatic hydroxyl groups excluding tert-OH is 1. The van der Waals surface area contributed by atoms with E-state index >= 15 is 0 Å². The van der Waals surface area contributed by atoms with Crippen LogP contribution in [0.15, 0.2) is 30.5 Å². The number of rotatable bonds is 2. The minimum absolute atomic E-state index is 0.156. The van der Waals surface area contributed by atoms with E-state index in [0.717, 1.165) is 5.56 Å². The van der Waals surface area contributed by atoms with Gasteiger partial charge in [0.25, 0.3) is 5.91 Å². The van der Waals surface area contributed by atoms with E-state index in [1.165, 1.54) is 12.1 Å². The van der Waals surface area contributed by atoms with Crippen LogP contribution >= 0.6 is 0 Å². The van der Waals surface area contributed by atoms with Crippen LogP contribution in [0, 0.1) is 12.7 Å². The second-order valence-electron chi connectivity index (χ2n) is 5.72. The van der Waals surface area contributed by atoms with Crippen molar-refractivity contribution in [2.75, 3.05) is 6.54 Å². The first-order valence-electron chi connectivity index (χ1n) is 7.20. The number of amides is 1. The number of carbonyl (C=O) groups excluding carboxylic acids is 1. The first-order valence-corrected chi connectivity index (χ1v) is 7.20. The minimum atomic E-state index is -0.573. The lowest BCUT2D eigenvalue weighted by atomic mass is 10.0. The van der Waals surface area contributed by atoms with Gasteiger partial charge in [-0.25, -0.2) is 4.39 Å². The van der Waals surface area contributed by atoms with Crippen molar-refractivity contribution in [2.45, 2.75) is 25.5 Å². The molecule has 0 spiro atoms. The molecule has 1 N–H and O–H groups in total. The minimum Gasteiger partial charge on any atom is -0.391 e. The zero-order chi connectivity index (χ0) is 15.9. The Balaban J connectivity index is 1.92. The maximum Gasteiger partial charge on any atom is 0.257 e. The van der Waals surface area contributed by atoms with E-state index in [0.29, 0.717) is 17.7 Å². The van der Waals surface area contributed by atoms with E-state index in [9.17, 15) is 14.3 Å². The predicted molar refractivity (Wildman–Crippen MR) is 78.7 cm³/mol. The summed E-state index contributed by atoms with van der Waals surface area (Å²) in [5, 5.41) is 14.2. The number of nitrogens with zero attached hydrogens (tertiary/aromatic N) is 3. The number of β-amino-alcohol motifs (C(OH)–C–C–N with tert-alkyl or cyclic N) is 1. The third kappa shape index (κ3) is 2.62. The molecule has 2 atom stereocenters. The number of aryl methyl sites for hydroxylation is 2. The van der Waals surface area contributed by atoms with E-state index in [4.69, 9.17) is 0 Å². The molecular weight excluding hydrogens is 285 g/mol. The lowest BCUT2D eigenvalue weighted by Gasteiger charge is -2.24. The molecule has 1 aromatic heterocycles. The predicted octanol–water partition coefficient (Wildman–Crippen LogP) is 1.82. The molecule has 1 fully saturated rings. The van der Waals surface area contributed by atoms with Crippen LogP contribution in [0.25, 0.3) is 0 Å². The van der Waals surface area contributed by atoms with E-state index < -0.39 is 6.10 Å². The van der Waals surface area contributed by atoms with Crippen LogP contribution < -0.4 is 0 Å². The highest BCUT2D eigenvalue weighted by atomic mass is 19.1. The van der Waals surface area contributed by atoms with Crippen molar-refractivity contribution in [3.63, 3.8) is 0 Å². The third-order valence-corrected chi connectivity index (χ3v) is 4.04. The Kier molecular flexibility index (Phi) is 3.70. The highest BCUT2D eigenvalue weighted by Crippen LogP contribution is 2.33. The Morgan fingerprint density at radius 2 is 2.05 bits per heavy atom. The van der Waals surface area contributed by atoms with Gasteiger partial charge < -0.3 is 10.0 Å². The lowest BCUT2D eigenvalue weighted by Crippen LogP contribution is -2.32. The fraction of sp³-hybridized carbons (Fsp3) is 0.375. The molecule has 1 aromatic carbocycles. The molecule has 0 unspecified atom stereocenters. The molecule has 5 nitrogen and oxygen atoms in total. The Bertz CT molecular complexity index is 696. The standard InChI is InChI=1S/C16H18FN3O2/c1-10-14(9-19(2)18-10)16(22)20-8-13(21)7-15(20)11-3-5-12(17)6-4-11/h3-6,9,13,15,21H,7-8H2,1-2H3/t13-,15-/m0/s1. The number of aromatic nitrogens is 2. The Hall–Kier alpha value is -2.21. The Labute approximate surface area is 128 Å². The highest BCUT2D eigenvalue weighted by molar-refractivity contribution is 5.95. The molecule has 1 saturated heterocycles. The zero-order valence-corrected chi connectivity index (χ0v) is 12.5. The van der Waals surface area contributed by atoms with Crippen LogP contribution in [0.3, 0.4) is 0 Å². The van der Waals surface area contributed by atoms with Crippen molar-refractivity contribution in [1.29, 1.82) is 0 Å².